The van der Waals surface area contributed by atoms with Crippen LogP contribution in [-0.4, -0.2) is 11.0 Å². The highest BCUT2D eigenvalue weighted by Gasteiger charge is 2.29. The Morgan fingerprint density at radius 2 is 1.90 bits per heavy atom. The fourth-order valence-electron chi connectivity index (χ4n) is 2.41. The maximum atomic E-state index is 12.2. The van der Waals surface area contributed by atoms with Crippen molar-refractivity contribution in [3.63, 3.8) is 0 Å². The van der Waals surface area contributed by atoms with Gasteiger partial charge < -0.3 is 4.74 Å². The molecule has 0 atom stereocenters. The Hall–Kier alpha value is -1.39. The Kier molecular flexibility index (Phi) is 3.76. The summed E-state index contributed by atoms with van der Waals surface area (Å²) in [6.07, 6.45) is 1.44. The normalized spacial score (nSPS) is 14.1. The molecule has 0 saturated heterocycles. The van der Waals surface area contributed by atoms with E-state index in [9.17, 15) is 4.79 Å². The molecular weight excluding hydrogens is 342 g/mol. The van der Waals surface area contributed by atoms with Crippen LogP contribution in [0.2, 0.25) is 5.15 Å². The second-order valence-electron chi connectivity index (χ2n) is 4.74. The van der Waals surface area contributed by atoms with Gasteiger partial charge in [0.05, 0.1) is 5.92 Å². The Morgan fingerprint density at radius 3 is 2.50 bits per heavy atom. The molecular formula is C15H11BrClNO2. The van der Waals surface area contributed by atoms with Crippen LogP contribution in [0, 0.1) is 5.92 Å². The van der Waals surface area contributed by atoms with E-state index in [2.05, 4.69) is 33.0 Å². The lowest BCUT2D eigenvalue weighted by molar-refractivity contribution is -0.138. The molecule has 0 fully saturated rings. The molecule has 0 aliphatic heterocycles. The number of fused-ring (bicyclic) bond motifs is 1. The third-order valence-electron chi connectivity index (χ3n) is 3.32. The molecule has 102 valence electrons. The van der Waals surface area contributed by atoms with Gasteiger partial charge in [-0.25, -0.2) is 4.98 Å². The van der Waals surface area contributed by atoms with Crippen LogP contribution in [0.4, 0.5) is 0 Å². The zero-order chi connectivity index (χ0) is 14.1. The highest BCUT2D eigenvalue weighted by molar-refractivity contribution is 9.10. The van der Waals surface area contributed by atoms with Gasteiger partial charge in [0.15, 0.2) is 0 Å². The van der Waals surface area contributed by atoms with Crippen molar-refractivity contribution in [3.8, 4) is 5.88 Å². The molecule has 0 N–H and O–H groups in total. The first kappa shape index (κ1) is 13.6. The van der Waals surface area contributed by atoms with Crippen LogP contribution in [0.1, 0.15) is 11.1 Å². The summed E-state index contributed by atoms with van der Waals surface area (Å²) in [5, 5.41) is 0.289. The van der Waals surface area contributed by atoms with Crippen molar-refractivity contribution in [1.82, 2.24) is 4.98 Å². The first-order valence-corrected chi connectivity index (χ1v) is 7.40. The Labute approximate surface area is 130 Å². The molecule has 1 aromatic carbocycles. The average molecular weight is 353 g/mol. The molecule has 0 saturated carbocycles. The molecule has 0 radical (unpaired) electrons. The van der Waals surface area contributed by atoms with E-state index in [0.717, 1.165) is 17.3 Å². The van der Waals surface area contributed by atoms with Crippen LogP contribution in [-0.2, 0) is 17.6 Å². The highest BCUT2D eigenvalue weighted by Crippen LogP contribution is 2.28. The lowest BCUT2D eigenvalue weighted by Gasteiger charge is -2.09. The quantitative estimate of drug-likeness (QED) is 0.609. The number of rotatable bonds is 2. The van der Waals surface area contributed by atoms with Crippen LogP contribution < -0.4 is 4.74 Å². The maximum absolute atomic E-state index is 12.2. The number of benzene rings is 1. The molecule has 5 heteroatoms. The number of pyridine rings is 1. The second kappa shape index (κ2) is 5.54. The molecule has 0 spiro atoms. The van der Waals surface area contributed by atoms with E-state index in [1.807, 2.05) is 12.1 Å². The van der Waals surface area contributed by atoms with Crippen molar-refractivity contribution in [2.45, 2.75) is 12.8 Å². The van der Waals surface area contributed by atoms with E-state index in [0.29, 0.717) is 0 Å². The van der Waals surface area contributed by atoms with Crippen molar-refractivity contribution in [2.75, 3.05) is 0 Å². The molecule has 1 aromatic heterocycles. The number of halogens is 2. The zero-order valence-electron chi connectivity index (χ0n) is 10.5. The predicted octanol–water partition coefficient (Wildman–Crippen LogP) is 3.82. The average Bonchev–Trinajstić information content (AvgIpc) is 2.81. The first-order valence-electron chi connectivity index (χ1n) is 6.23. The van der Waals surface area contributed by atoms with Gasteiger partial charge in [0.25, 0.3) is 0 Å². The third-order valence-corrected chi connectivity index (χ3v) is 3.98. The largest absolute Gasteiger partial charge is 0.407 e. The second-order valence-corrected chi connectivity index (χ2v) is 6.04. The van der Waals surface area contributed by atoms with Crippen molar-refractivity contribution in [3.05, 3.63) is 57.2 Å². The topological polar surface area (TPSA) is 39.2 Å². The number of carbonyl (C=O) groups excluding carboxylic acids is 1. The zero-order valence-corrected chi connectivity index (χ0v) is 12.8. The fraction of sp³-hybridized carbons (Fsp3) is 0.200. The van der Waals surface area contributed by atoms with Crippen LogP contribution >= 0.6 is 27.5 Å². The number of carbonyl (C=O) groups is 1. The molecule has 0 amide bonds. The number of hydrogen-bond donors (Lipinski definition) is 0. The van der Waals surface area contributed by atoms with Gasteiger partial charge in [0, 0.05) is 10.5 Å². The van der Waals surface area contributed by atoms with Gasteiger partial charge in [0.2, 0.25) is 5.88 Å². The molecule has 1 aliphatic carbocycles. The lowest BCUT2D eigenvalue weighted by Crippen LogP contribution is -2.21. The highest BCUT2D eigenvalue weighted by atomic mass is 79.9. The standard InChI is InChI=1S/C15H11BrClNO2/c16-12-7-13(17)18-14(8-12)20-15(19)11-5-9-3-1-2-4-10(9)6-11/h1-4,7-8,11H,5-6H2. The van der Waals surface area contributed by atoms with E-state index in [-0.39, 0.29) is 22.9 Å². The molecule has 2 aromatic rings. The summed E-state index contributed by atoms with van der Waals surface area (Å²) in [5.74, 6) is -0.180. The van der Waals surface area contributed by atoms with Gasteiger partial charge in [-0.1, -0.05) is 51.8 Å². The summed E-state index contributed by atoms with van der Waals surface area (Å²) < 4.78 is 6.06. The summed E-state index contributed by atoms with van der Waals surface area (Å²) in [6, 6.07) is 11.4. The number of esters is 1. The summed E-state index contributed by atoms with van der Waals surface area (Å²) in [6.45, 7) is 0. The monoisotopic (exact) mass is 351 g/mol. The molecule has 20 heavy (non-hydrogen) atoms. The van der Waals surface area contributed by atoms with Crippen molar-refractivity contribution in [2.24, 2.45) is 5.92 Å². The Balaban J connectivity index is 1.72. The Bertz CT molecular complexity index is 629. The van der Waals surface area contributed by atoms with E-state index in [1.54, 1.807) is 12.1 Å². The molecule has 1 heterocycles. The molecule has 3 nitrogen and oxygen atoms in total. The number of aromatic nitrogens is 1. The van der Waals surface area contributed by atoms with E-state index < -0.39 is 0 Å². The van der Waals surface area contributed by atoms with Gasteiger partial charge in [-0.2, -0.15) is 0 Å². The van der Waals surface area contributed by atoms with Crippen molar-refractivity contribution in [1.29, 1.82) is 0 Å². The summed E-state index contributed by atoms with van der Waals surface area (Å²) in [7, 11) is 0. The molecule has 1 aliphatic rings. The predicted molar refractivity (Wildman–Crippen MR) is 79.9 cm³/mol. The maximum Gasteiger partial charge on any atom is 0.316 e. The molecule has 0 unspecified atom stereocenters. The summed E-state index contributed by atoms with van der Waals surface area (Å²) >= 11 is 9.13. The molecule has 0 bridgehead atoms. The minimum Gasteiger partial charge on any atom is -0.407 e. The van der Waals surface area contributed by atoms with E-state index >= 15 is 0 Å². The minimum absolute atomic E-state index is 0.146. The lowest BCUT2D eigenvalue weighted by atomic mass is 10.1. The van der Waals surface area contributed by atoms with Gasteiger partial charge in [0.1, 0.15) is 5.15 Å². The van der Waals surface area contributed by atoms with Gasteiger partial charge in [-0.3, -0.25) is 4.79 Å². The molecule has 3 rings (SSSR count). The number of ether oxygens (including phenoxy) is 1. The van der Waals surface area contributed by atoms with Gasteiger partial charge >= 0.3 is 5.97 Å². The smallest absolute Gasteiger partial charge is 0.316 e. The minimum atomic E-state index is -0.261. The van der Waals surface area contributed by atoms with Crippen LogP contribution in [0.15, 0.2) is 40.9 Å². The van der Waals surface area contributed by atoms with E-state index in [1.165, 1.54) is 11.1 Å². The fourth-order valence-corrected chi connectivity index (χ4v) is 3.15. The van der Waals surface area contributed by atoms with Crippen molar-refractivity contribution < 1.29 is 9.53 Å². The first-order chi connectivity index (χ1) is 9.61. The van der Waals surface area contributed by atoms with Crippen molar-refractivity contribution >= 4 is 33.5 Å². The van der Waals surface area contributed by atoms with Crippen LogP contribution in [0.5, 0.6) is 5.88 Å². The number of hydrogen-bond acceptors (Lipinski definition) is 3. The third kappa shape index (κ3) is 2.86. The Morgan fingerprint density at radius 1 is 1.25 bits per heavy atom. The number of nitrogens with zero attached hydrogens (tertiary/aromatic N) is 1. The van der Waals surface area contributed by atoms with Gasteiger partial charge in [-0.05, 0) is 30.0 Å². The summed E-state index contributed by atoms with van der Waals surface area (Å²) in [5.41, 5.74) is 2.43. The van der Waals surface area contributed by atoms with E-state index in [4.69, 9.17) is 16.3 Å². The van der Waals surface area contributed by atoms with Crippen LogP contribution in [0.25, 0.3) is 0 Å². The SMILES string of the molecule is O=C(Oc1cc(Br)cc(Cl)n1)C1Cc2ccccc2C1. The van der Waals surface area contributed by atoms with Crippen LogP contribution in [0.3, 0.4) is 0 Å². The van der Waals surface area contributed by atoms with Gasteiger partial charge in [-0.15, -0.1) is 0 Å². The summed E-state index contributed by atoms with van der Waals surface area (Å²) in [4.78, 5) is 16.2.